The summed E-state index contributed by atoms with van der Waals surface area (Å²) in [6.45, 7) is 2.19. The van der Waals surface area contributed by atoms with Crippen molar-refractivity contribution < 1.29 is 4.79 Å². The second-order valence-electron chi connectivity index (χ2n) is 7.43. The van der Waals surface area contributed by atoms with E-state index >= 15 is 0 Å². The summed E-state index contributed by atoms with van der Waals surface area (Å²) < 4.78 is 0. The van der Waals surface area contributed by atoms with Crippen molar-refractivity contribution in [3.05, 3.63) is 57.8 Å². The van der Waals surface area contributed by atoms with Gasteiger partial charge in [0.15, 0.2) is 0 Å². The largest absolute Gasteiger partial charge is 0.341 e. The fourth-order valence-electron chi connectivity index (χ4n) is 4.32. The van der Waals surface area contributed by atoms with E-state index in [9.17, 15) is 4.79 Å². The Bertz CT molecular complexity index is 702. The fraction of sp³-hybridized carbons (Fsp3) is 0.476. The first-order valence-electron chi connectivity index (χ1n) is 9.28. The molecule has 0 radical (unpaired) electrons. The number of fused-ring (bicyclic) bond motifs is 1. The zero-order valence-electron chi connectivity index (χ0n) is 14.9. The van der Waals surface area contributed by atoms with Crippen LogP contribution in [0.3, 0.4) is 0 Å². The zero-order chi connectivity index (χ0) is 17.2. The maximum absolute atomic E-state index is 12.6. The molecule has 4 rings (SSSR count). The second kappa shape index (κ2) is 7.30. The maximum Gasteiger partial charge on any atom is 0.227 e. The van der Waals surface area contributed by atoms with Gasteiger partial charge in [-0.1, -0.05) is 24.3 Å². The summed E-state index contributed by atoms with van der Waals surface area (Å²) in [6.07, 6.45) is 5.17. The molecule has 2 aromatic rings. The number of rotatable bonds is 4. The molecule has 0 bridgehead atoms. The molecule has 132 valence electrons. The first-order chi connectivity index (χ1) is 12.2. The number of hydrogen-bond acceptors (Lipinski definition) is 3. The Labute approximate surface area is 154 Å². The van der Waals surface area contributed by atoms with Gasteiger partial charge in [-0.15, -0.1) is 0 Å². The van der Waals surface area contributed by atoms with E-state index < -0.39 is 0 Å². The molecule has 0 spiro atoms. The average Bonchev–Trinajstić information content (AvgIpc) is 3.30. The molecule has 0 unspecified atom stereocenters. The Hall–Kier alpha value is -1.65. The van der Waals surface area contributed by atoms with Gasteiger partial charge in [-0.25, -0.2) is 0 Å². The summed E-state index contributed by atoms with van der Waals surface area (Å²) in [5, 5.41) is 4.12. The van der Waals surface area contributed by atoms with Crippen LogP contribution in [0.25, 0.3) is 0 Å². The lowest BCUT2D eigenvalue weighted by Crippen LogP contribution is -2.52. The Morgan fingerprint density at radius 1 is 1.24 bits per heavy atom. The minimum atomic E-state index is 0.250. The average molecular weight is 355 g/mol. The number of likely N-dealkylation sites (tertiary alicyclic amines) is 1. The Balaban J connectivity index is 1.37. The number of piperidine rings is 1. The van der Waals surface area contributed by atoms with Crippen molar-refractivity contribution in [2.75, 3.05) is 20.1 Å². The minimum absolute atomic E-state index is 0.250. The van der Waals surface area contributed by atoms with Crippen LogP contribution in [0.15, 0.2) is 41.1 Å². The molecule has 2 aliphatic rings. The molecular formula is C21H26N2OS. The van der Waals surface area contributed by atoms with Crippen LogP contribution in [0.4, 0.5) is 0 Å². The van der Waals surface area contributed by atoms with Crippen LogP contribution in [0.2, 0.25) is 0 Å². The lowest BCUT2D eigenvalue weighted by Gasteiger charge is -2.40. The SMILES string of the molecule is CN(C(=O)Cc1ccsc1)[C@@H]1CCCN(C2Cc3ccccc3C2)C1. The van der Waals surface area contributed by atoms with Crippen LogP contribution in [0.5, 0.6) is 0 Å². The lowest BCUT2D eigenvalue weighted by atomic mass is 10.0. The minimum Gasteiger partial charge on any atom is -0.341 e. The molecule has 25 heavy (non-hydrogen) atoms. The van der Waals surface area contributed by atoms with Crippen molar-refractivity contribution in [3.63, 3.8) is 0 Å². The number of thiophene rings is 1. The van der Waals surface area contributed by atoms with Crippen LogP contribution in [-0.4, -0.2) is 47.9 Å². The van der Waals surface area contributed by atoms with Crippen molar-refractivity contribution >= 4 is 17.2 Å². The van der Waals surface area contributed by atoms with Crippen LogP contribution >= 0.6 is 11.3 Å². The van der Waals surface area contributed by atoms with Gasteiger partial charge in [-0.2, -0.15) is 11.3 Å². The highest BCUT2D eigenvalue weighted by atomic mass is 32.1. The molecule has 1 amide bonds. The van der Waals surface area contributed by atoms with Gasteiger partial charge in [0, 0.05) is 25.7 Å². The monoisotopic (exact) mass is 354 g/mol. The third-order valence-electron chi connectivity index (χ3n) is 5.85. The van der Waals surface area contributed by atoms with E-state index in [1.165, 1.54) is 24.1 Å². The van der Waals surface area contributed by atoms with Gasteiger partial charge >= 0.3 is 0 Å². The highest BCUT2D eigenvalue weighted by molar-refractivity contribution is 7.08. The number of benzene rings is 1. The first kappa shape index (κ1) is 16.8. The summed E-state index contributed by atoms with van der Waals surface area (Å²) in [7, 11) is 1.99. The van der Waals surface area contributed by atoms with Gasteiger partial charge in [0.25, 0.3) is 0 Å². The smallest absolute Gasteiger partial charge is 0.227 e. The third-order valence-corrected chi connectivity index (χ3v) is 6.58. The molecule has 1 aliphatic heterocycles. The van der Waals surface area contributed by atoms with E-state index in [2.05, 4.69) is 40.6 Å². The highest BCUT2D eigenvalue weighted by Crippen LogP contribution is 2.28. The van der Waals surface area contributed by atoms with Gasteiger partial charge in [0.1, 0.15) is 0 Å². The zero-order valence-corrected chi connectivity index (χ0v) is 15.7. The third kappa shape index (κ3) is 3.65. The quantitative estimate of drug-likeness (QED) is 0.840. The molecule has 1 aliphatic carbocycles. The predicted octanol–water partition coefficient (Wildman–Crippen LogP) is 3.38. The molecule has 1 aromatic carbocycles. The van der Waals surface area contributed by atoms with Gasteiger partial charge < -0.3 is 4.90 Å². The van der Waals surface area contributed by atoms with E-state index in [1.54, 1.807) is 11.3 Å². The summed E-state index contributed by atoms with van der Waals surface area (Å²) in [6, 6.07) is 11.9. The molecule has 1 fully saturated rings. The van der Waals surface area contributed by atoms with E-state index in [0.29, 0.717) is 18.5 Å². The number of nitrogens with zero attached hydrogens (tertiary/aromatic N) is 2. The molecule has 1 aromatic heterocycles. The molecule has 4 heteroatoms. The van der Waals surface area contributed by atoms with Gasteiger partial charge in [-0.3, -0.25) is 9.69 Å². The van der Waals surface area contributed by atoms with Crippen molar-refractivity contribution in [3.8, 4) is 0 Å². The Morgan fingerprint density at radius 3 is 2.68 bits per heavy atom. The van der Waals surface area contributed by atoms with E-state index in [4.69, 9.17) is 0 Å². The summed E-state index contributed by atoms with van der Waals surface area (Å²) in [5.41, 5.74) is 4.16. The van der Waals surface area contributed by atoms with E-state index in [0.717, 1.165) is 31.4 Å². The first-order valence-corrected chi connectivity index (χ1v) is 10.2. The molecular weight excluding hydrogens is 328 g/mol. The summed E-state index contributed by atoms with van der Waals surface area (Å²) in [5.74, 6) is 0.250. The van der Waals surface area contributed by atoms with Gasteiger partial charge in [0.05, 0.1) is 6.42 Å². The Kier molecular flexibility index (Phi) is 4.91. The highest BCUT2D eigenvalue weighted by Gasteiger charge is 2.32. The Morgan fingerprint density at radius 2 is 2.00 bits per heavy atom. The van der Waals surface area contributed by atoms with Crippen molar-refractivity contribution in [1.82, 2.24) is 9.80 Å². The van der Waals surface area contributed by atoms with Crippen molar-refractivity contribution in [2.45, 2.75) is 44.2 Å². The van der Waals surface area contributed by atoms with E-state index in [-0.39, 0.29) is 5.91 Å². The van der Waals surface area contributed by atoms with Gasteiger partial charge in [0.2, 0.25) is 5.91 Å². The maximum atomic E-state index is 12.6. The summed E-state index contributed by atoms with van der Waals surface area (Å²) in [4.78, 5) is 17.3. The van der Waals surface area contributed by atoms with Crippen molar-refractivity contribution in [1.29, 1.82) is 0 Å². The normalized spacial score (nSPS) is 21.2. The summed E-state index contributed by atoms with van der Waals surface area (Å²) >= 11 is 1.66. The number of amides is 1. The van der Waals surface area contributed by atoms with Crippen LogP contribution in [0, 0.1) is 0 Å². The second-order valence-corrected chi connectivity index (χ2v) is 8.21. The molecule has 0 saturated carbocycles. The standard InChI is InChI=1S/C21H26N2OS/c1-22(21(24)11-16-8-10-25-15-16)19-7-4-9-23(14-19)20-12-17-5-2-3-6-18(17)13-20/h2-3,5-6,8,10,15,19-20H,4,7,9,11-14H2,1H3/t19-/m1/s1. The predicted molar refractivity (Wildman–Crippen MR) is 103 cm³/mol. The van der Waals surface area contributed by atoms with Crippen LogP contribution < -0.4 is 0 Å². The molecule has 0 N–H and O–H groups in total. The lowest BCUT2D eigenvalue weighted by molar-refractivity contribution is -0.132. The number of likely N-dealkylation sites (N-methyl/N-ethyl adjacent to an activating group) is 1. The van der Waals surface area contributed by atoms with Crippen LogP contribution in [-0.2, 0) is 24.1 Å². The number of carbonyl (C=O) groups is 1. The topological polar surface area (TPSA) is 23.6 Å². The molecule has 1 atom stereocenters. The fourth-order valence-corrected chi connectivity index (χ4v) is 4.99. The van der Waals surface area contributed by atoms with Gasteiger partial charge in [-0.05, 0) is 65.7 Å². The molecule has 3 nitrogen and oxygen atoms in total. The van der Waals surface area contributed by atoms with Crippen molar-refractivity contribution in [2.24, 2.45) is 0 Å². The molecule has 2 heterocycles. The van der Waals surface area contributed by atoms with Crippen LogP contribution in [0.1, 0.15) is 29.5 Å². The molecule has 1 saturated heterocycles. The number of hydrogen-bond donors (Lipinski definition) is 0. The number of carbonyl (C=O) groups excluding carboxylic acids is 1. The van der Waals surface area contributed by atoms with E-state index in [1.807, 2.05) is 17.3 Å².